The summed E-state index contributed by atoms with van der Waals surface area (Å²) in [7, 11) is 0. The maximum absolute atomic E-state index is 2.64. The first-order chi connectivity index (χ1) is 32.3. The Hall–Kier alpha value is -8.32. The molecule has 0 aromatic heterocycles. The van der Waals surface area contributed by atoms with Gasteiger partial charge in [-0.05, 0) is 166 Å². The van der Waals surface area contributed by atoms with Gasteiger partial charge in [-0.1, -0.05) is 206 Å². The molecular weight excluding hydrogens is 781 g/mol. The normalized spacial score (nSPS) is 13.7. The number of benzene rings is 12. The molecule has 0 fully saturated rings. The molecule has 0 amide bonds. The van der Waals surface area contributed by atoms with Crippen molar-refractivity contribution in [2.24, 2.45) is 0 Å². The summed E-state index contributed by atoms with van der Waals surface area (Å²) in [4.78, 5) is 0. The van der Waals surface area contributed by atoms with Gasteiger partial charge in [0.2, 0.25) is 0 Å². The van der Waals surface area contributed by atoms with Crippen molar-refractivity contribution in [3.05, 3.63) is 241 Å². The van der Waals surface area contributed by atoms with E-state index in [0.29, 0.717) is 0 Å². The lowest BCUT2D eigenvalue weighted by Crippen LogP contribution is -2.25. The van der Waals surface area contributed by atoms with Crippen LogP contribution in [0, 0.1) is 0 Å². The minimum Gasteiger partial charge on any atom is -0.0619 e. The molecule has 0 atom stereocenters. The van der Waals surface area contributed by atoms with Crippen molar-refractivity contribution in [3.63, 3.8) is 0 Å². The second kappa shape index (κ2) is 12.0. The first-order valence-corrected chi connectivity index (χ1v) is 22.9. The van der Waals surface area contributed by atoms with Gasteiger partial charge < -0.3 is 0 Å². The molecule has 0 heteroatoms. The predicted molar refractivity (Wildman–Crippen MR) is 272 cm³/mol. The molecule has 0 heterocycles. The van der Waals surface area contributed by atoms with Crippen LogP contribution < -0.4 is 0 Å². The summed E-state index contributed by atoms with van der Waals surface area (Å²) in [6.07, 6.45) is 0. The smallest absolute Gasteiger partial charge is 0.0619 e. The lowest BCUT2D eigenvalue weighted by Gasteiger charge is -2.31. The van der Waals surface area contributed by atoms with Crippen LogP contribution in [0.2, 0.25) is 0 Å². The molecule has 0 bridgehead atoms. The van der Waals surface area contributed by atoms with Crippen LogP contribution in [0.3, 0.4) is 0 Å². The van der Waals surface area contributed by atoms with Gasteiger partial charge in [-0.2, -0.15) is 0 Å². The summed E-state index contributed by atoms with van der Waals surface area (Å²) in [5.41, 5.74) is 26.0. The third-order valence-electron chi connectivity index (χ3n) is 15.8. The number of fused-ring (bicyclic) bond motifs is 18. The van der Waals surface area contributed by atoms with Crippen LogP contribution in [0.5, 0.6) is 0 Å². The molecule has 0 unspecified atom stereocenters. The highest BCUT2D eigenvalue weighted by Crippen LogP contribution is 2.64. The quantitative estimate of drug-likeness (QED) is 0.153. The van der Waals surface area contributed by atoms with Gasteiger partial charge in [0.15, 0.2) is 0 Å². The summed E-state index contributed by atoms with van der Waals surface area (Å²) in [5.74, 6) is 0. The van der Waals surface area contributed by atoms with E-state index in [-0.39, 0.29) is 0 Å². The van der Waals surface area contributed by atoms with E-state index in [1.54, 1.807) is 0 Å². The Morgan fingerprint density at radius 3 is 0.969 bits per heavy atom. The summed E-state index contributed by atoms with van der Waals surface area (Å²) in [5, 5.41) is 10.4. The van der Waals surface area contributed by atoms with Crippen molar-refractivity contribution >= 4 is 43.1 Å². The van der Waals surface area contributed by atoms with Gasteiger partial charge in [0.1, 0.15) is 0 Å². The number of rotatable bonds is 2. The lowest BCUT2D eigenvalue weighted by molar-refractivity contribution is 0.795. The predicted octanol–water partition coefficient (Wildman–Crippen LogP) is 17.3. The van der Waals surface area contributed by atoms with E-state index in [4.69, 9.17) is 0 Å². The maximum atomic E-state index is 2.64. The number of hydrogen-bond donors (Lipinski definition) is 0. The van der Waals surface area contributed by atoms with Gasteiger partial charge in [0.25, 0.3) is 0 Å². The van der Waals surface area contributed by atoms with E-state index in [1.165, 1.54) is 154 Å². The minimum absolute atomic E-state index is 0.464. The summed E-state index contributed by atoms with van der Waals surface area (Å²) >= 11 is 0. The van der Waals surface area contributed by atoms with Gasteiger partial charge in [-0.3, -0.25) is 0 Å². The van der Waals surface area contributed by atoms with E-state index in [1.807, 2.05) is 0 Å². The fraction of sp³-hybridized carbons (Fsp3) is 0.0154. The molecule has 12 aromatic rings. The molecule has 1 spiro atoms. The number of hydrogen-bond acceptors (Lipinski definition) is 0. The fourth-order valence-electron chi connectivity index (χ4n) is 13.4. The van der Waals surface area contributed by atoms with Crippen molar-refractivity contribution in [2.45, 2.75) is 5.41 Å². The molecule has 65 heavy (non-hydrogen) atoms. The van der Waals surface area contributed by atoms with Crippen LogP contribution >= 0.6 is 0 Å². The summed E-state index contributed by atoms with van der Waals surface area (Å²) in [6, 6.07) is 83.5. The second-order valence-electron chi connectivity index (χ2n) is 18.5. The summed E-state index contributed by atoms with van der Waals surface area (Å²) < 4.78 is 0. The molecule has 16 rings (SSSR count). The van der Waals surface area contributed by atoms with Crippen LogP contribution in [0.4, 0.5) is 0 Å². The molecule has 0 saturated heterocycles. The Morgan fingerprint density at radius 2 is 0.508 bits per heavy atom. The third kappa shape index (κ3) is 4.02. The molecule has 296 valence electrons. The van der Waals surface area contributed by atoms with Gasteiger partial charge >= 0.3 is 0 Å². The molecule has 0 N–H and O–H groups in total. The standard InChI is InChI=1S/C65H36/c1-3-17-39-37(15-1)44-24-13-26-48-52(33-31-50(39)61(44)48)63-46-22-5-6-23-47(46)64(53-34-32-51-40-18-4-2-16-38(40)45-25-14-27-49(53)62(45)51)56-36-60-54(35-55(56)63)43-21-9-12-30-59(43)65(60)57-28-10-7-19-41(57)42-20-8-11-29-58(42)65/h1-36H. The fourth-order valence-corrected chi connectivity index (χ4v) is 13.4. The van der Waals surface area contributed by atoms with Crippen LogP contribution in [0.25, 0.3) is 132 Å². The van der Waals surface area contributed by atoms with Gasteiger partial charge in [-0.25, -0.2) is 0 Å². The molecule has 0 aliphatic heterocycles. The van der Waals surface area contributed by atoms with E-state index in [9.17, 15) is 0 Å². The van der Waals surface area contributed by atoms with E-state index in [0.717, 1.165) is 0 Å². The van der Waals surface area contributed by atoms with Crippen LogP contribution in [-0.4, -0.2) is 0 Å². The molecule has 4 aliphatic carbocycles. The monoisotopic (exact) mass is 816 g/mol. The average Bonchev–Trinajstić information content (AvgIpc) is 4.07. The summed E-state index contributed by atoms with van der Waals surface area (Å²) in [6.45, 7) is 0. The zero-order valence-electron chi connectivity index (χ0n) is 35.3. The highest BCUT2D eigenvalue weighted by Gasteiger charge is 2.51. The Bertz CT molecular complexity index is 4070. The van der Waals surface area contributed by atoms with Crippen molar-refractivity contribution in [1.82, 2.24) is 0 Å². The van der Waals surface area contributed by atoms with Crippen molar-refractivity contribution in [3.8, 4) is 89.0 Å². The Morgan fingerprint density at radius 1 is 0.185 bits per heavy atom. The third-order valence-corrected chi connectivity index (χ3v) is 15.8. The largest absolute Gasteiger partial charge is 0.0725 e. The molecule has 0 radical (unpaired) electrons. The maximum Gasteiger partial charge on any atom is 0.0725 e. The SMILES string of the molecule is c1ccc2c(c1)-c1cccc3c(-c4c5ccccc5c(-c5ccc6c7c(cccc57)-c5ccccc5-6)c5cc6c(cc45)-c4ccccc4C64c5ccccc5-c5ccccc54)ccc-2c13. The van der Waals surface area contributed by atoms with E-state index < -0.39 is 5.41 Å². The lowest BCUT2D eigenvalue weighted by atomic mass is 9.70. The highest BCUT2D eigenvalue weighted by atomic mass is 14.5. The first kappa shape index (κ1) is 34.2. The van der Waals surface area contributed by atoms with Crippen LogP contribution in [0.1, 0.15) is 22.3 Å². The van der Waals surface area contributed by atoms with Crippen molar-refractivity contribution in [2.75, 3.05) is 0 Å². The topological polar surface area (TPSA) is 0 Å². The van der Waals surface area contributed by atoms with Crippen LogP contribution in [0.15, 0.2) is 218 Å². The molecule has 0 saturated carbocycles. The molecule has 4 aliphatic rings. The average molecular weight is 817 g/mol. The Balaban J connectivity index is 1.10. The van der Waals surface area contributed by atoms with Gasteiger partial charge in [0, 0.05) is 0 Å². The van der Waals surface area contributed by atoms with E-state index >= 15 is 0 Å². The van der Waals surface area contributed by atoms with Crippen LogP contribution in [-0.2, 0) is 5.41 Å². The Kier molecular flexibility index (Phi) is 6.33. The highest BCUT2D eigenvalue weighted by molar-refractivity contribution is 6.30. The second-order valence-corrected chi connectivity index (χ2v) is 18.5. The minimum atomic E-state index is -0.464. The molecule has 12 aromatic carbocycles. The zero-order valence-corrected chi connectivity index (χ0v) is 35.3. The van der Waals surface area contributed by atoms with Gasteiger partial charge in [-0.15, -0.1) is 0 Å². The first-order valence-electron chi connectivity index (χ1n) is 22.9. The Labute approximate surface area is 376 Å². The van der Waals surface area contributed by atoms with Crippen molar-refractivity contribution in [1.29, 1.82) is 0 Å². The molecule has 0 nitrogen and oxygen atoms in total. The van der Waals surface area contributed by atoms with E-state index in [2.05, 4.69) is 218 Å². The molecular formula is C65H36. The van der Waals surface area contributed by atoms with Crippen molar-refractivity contribution < 1.29 is 0 Å². The van der Waals surface area contributed by atoms with Gasteiger partial charge in [0.05, 0.1) is 5.41 Å². The zero-order chi connectivity index (χ0) is 42.1.